The zero-order valence-corrected chi connectivity index (χ0v) is 17.2. The summed E-state index contributed by atoms with van der Waals surface area (Å²) in [5, 5.41) is 5.70. The minimum atomic E-state index is -0.254. The van der Waals surface area contributed by atoms with Crippen molar-refractivity contribution in [2.75, 3.05) is 17.4 Å². The first-order chi connectivity index (χ1) is 12.7. The molecule has 2 N–H and O–H groups in total. The molecule has 0 saturated heterocycles. The topological polar surface area (TPSA) is 83.0 Å². The molecule has 0 saturated carbocycles. The Morgan fingerprint density at radius 3 is 2.52 bits per heavy atom. The van der Waals surface area contributed by atoms with Gasteiger partial charge in [-0.1, -0.05) is 0 Å². The molecule has 3 aromatic rings. The Morgan fingerprint density at radius 1 is 1.15 bits per heavy atom. The van der Waals surface area contributed by atoms with Gasteiger partial charge in [0.05, 0.1) is 5.52 Å². The van der Waals surface area contributed by atoms with E-state index in [0.717, 1.165) is 21.2 Å². The number of hydrazine groups is 1. The zero-order chi connectivity index (χ0) is 19.6. The van der Waals surface area contributed by atoms with Gasteiger partial charge in [0.1, 0.15) is 5.82 Å². The lowest BCUT2D eigenvalue weighted by Crippen LogP contribution is -2.40. The van der Waals surface area contributed by atoms with Gasteiger partial charge in [-0.15, -0.1) is 0 Å². The van der Waals surface area contributed by atoms with E-state index in [4.69, 9.17) is 0 Å². The van der Waals surface area contributed by atoms with Gasteiger partial charge in [-0.05, 0) is 67.0 Å². The highest BCUT2D eigenvalue weighted by molar-refractivity contribution is 9.10. The second-order valence-corrected chi connectivity index (χ2v) is 8.00. The van der Waals surface area contributed by atoms with Gasteiger partial charge >= 0.3 is 0 Å². The van der Waals surface area contributed by atoms with E-state index in [9.17, 15) is 4.79 Å². The number of carbonyl (C=O) groups is 1. The number of aromatic nitrogens is 3. The van der Waals surface area contributed by atoms with Crippen LogP contribution < -0.4 is 15.8 Å². The van der Waals surface area contributed by atoms with E-state index in [0.29, 0.717) is 11.5 Å². The van der Waals surface area contributed by atoms with Gasteiger partial charge in [0.2, 0.25) is 5.95 Å². The van der Waals surface area contributed by atoms with E-state index < -0.39 is 0 Å². The summed E-state index contributed by atoms with van der Waals surface area (Å²) in [6, 6.07) is 9.02. The molecule has 0 spiro atoms. The minimum absolute atomic E-state index is 0.0932. The number of nitrogens with one attached hydrogen (secondary N) is 2. The first kappa shape index (κ1) is 19.0. The number of halogens is 1. The third kappa shape index (κ3) is 4.71. The maximum absolute atomic E-state index is 12.6. The van der Waals surface area contributed by atoms with Crippen molar-refractivity contribution in [3.8, 4) is 0 Å². The van der Waals surface area contributed by atoms with Gasteiger partial charge in [0.15, 0.2) is 0 Å². The molecule has 2 heterocycles. The summed E-state index contributed by atoms with van der Waals surface area (Å²) in [5.74, 6) is 0.933. The number of carbonyl (C=O) groups excluding carboxylic acids is 1. The molecule has 27 heavy (non-hydrogen) atoms. The molecular weight excluding hydrogens is 408 g/mol. The van der Waals surface area contributed by atoms with Crippen molar-refractivity contribution in [3.63, 3.8) is 0 Å². The van der Waals surface area contributed by atoms with E-state index in [-0.39, 0.29) is 11.4 Å². The highest BCUT2D eigenvalue weighted by atomic mass is 79.9. The number of anilines is 2. The van der Waals surface area contributed by atoms with Crippen LogP contribution in [0.4, 0.5) is 11.8 Å². The van der Waals surface area contributed by atoms with Crippen LogP contribution in [0.25, 0.3) is 10.9 Å². The van der Waals surface area contributed by atoms with Crippen LogP contribution in [0.5, 0.6) is 0 Å². The molecule has 0 fully saturated rings. The second kappa shape index (κ2) is 7.48. The van der Waals surface area contributed by atoms with Crippen molar-refractivity contribution in [1.82, 2.24) is 20.4 Å². The van der Waals surface area contributed by atoms with E-state index in [1.54, 1.807) is 31.6 Å². The molecule has 0 unspecified atom stereocenters. The van der Waals surface area contributed by atoms with Crippen LogP contribution in [-0.2, 0) is 0 Å². The van der Waals surface area contributed by atoms with E-state index in [2.05, 4.69) is 62.4 Å². The molecule has 0 aliphatic carbocycles. The molecular formula is C19H21BrN6O. The average Bonchev–Trinajstić information content (AvgIpc) is 2.60. The number of hydrogen-bond donors (Lipinski definition) is 2. The predicted molar refractivity (Wildman–Crippen MR) is 111 cm³/mol. The molecule has 3 rings (SSSR count). The zero-order valence-electron chi connectivity index (χ0n) is 15.6. The molecule has 7 nitrogen and oxygen atoms in total. The molecule has 0 aliphatic heterocycles. The van der Waals surface area contributed by atoms with Crippen LogP contribution in [0.3, 0.4) is 0 Å². The summed E-state index contributed by atoms with van der Waals surface area (Å²) in [4.78, 5) is 25.4. The highest BCUT2D eigenvalue weighted by Gasteiger charge is 2.15. The van der Waals surface area contributed by atoms with Crippen molar-refractivity contribution < 1.29 is 4.79 Å². The van der Waals surface area contributed by atoms with Crippen LogP contribution in [0.2, 0.25) is 0 Å². The molecule has 8 heteroatoms. The van der Waals surface area contributed by atoms with Crippen molar-refractivity contribution >= 4 is 44.5 Å². The first-order valence-corrected chi connectivity index (χ1v) is 9.22. The number of benzene rings is 1. The summed E-state index contributed by atoms with van der Waals surface area (Å²) in [5.41, 5.74) is 3.98. The minimum Gasteiger partial charge on any atom is -0.365 e. The summed E-state index contributed by atoms with van der Waals surface area (Å²) in [6.45, 7) is 6.23. The van der Waals surface area contributed by atoms with Crippen LogP contribution in [0, 0.1) is 0 Å². The van der Waals surface area contributed by atoms with E-state index in [1.807, 2.05) is 18.2 Å². The SMILES string of the molecule is CN(NC(=O)c1ccc2nc(NC(C)(C)C)cc(Br)c2c1)c1ncccn1. The third-order valence-corrected chi connectivity index (χ3v) is 4.30. The largest absolute Gasteiger partial charge is 0.365 e. The van der Waals surface area contributed by atoms with Crippen molar-refractivity contribution in [3.05, 3.63) is 52.8 Å². The van der Waals surface area contributed by atoms with E-state index in [1.165, 1.54) is 5.01 Å². The van der Waals surface area contributed by atoms with Crippen LogP contribution in [-0.4, -0.2) is 33.4 Å². The molecule has 0 bridgehead atoms. The smallest absolute Gasteiger partial charge is 0.269 e. The maximum Gasteiger partial charge on any atom is 0.269 e. The van der Waals surface area contributed by atoms with Gasteiger partial charge in [-0.25, -0.2) is 15.0 Å². The Hall–Kier alpha value is -2.74. The Morgan fingerprint density at radius 2 is 1.85 bits per heavy atom. The summed E-state index contributed by atoms with van der Waals surface area (Å²) >= 11 is 3.58. The van der Waals surface area contributed by atoms with E-state index >= 15 is 0 Å². The number of fused-ring (bicyclic) bond motifs is 1. The van der Waals surface area contributed by atoms with Gasteiger partial charge in [0.25, 0.3) is 5.91 Å². The Balaban J connectivity index is 1.84. The summed E-state index contributed by atoms with van der Waals surface area (Å²) in [7, 11) is 1.69. The first-order valence-electron chi connectivity index (χ1n) is 8.43. The third-order valence-electron chi connectivity index (χ3n) is 3.64. The van der Waals surface area contributed by atoms with Gasteiger partial charge in [0, 0.05) is 40.4 Å². The molecule has 0 radical (unpaired) electrons. The summed E-state index contributed by atoms with van der Waals surface area (Å²) < 4.78 is 0.869. The number of amides is 1. The highest BCUT2D eigenvalue weighted by Crippen LogP contribution is 2.28. The van der Waals surface area contributed by atoms with Crippen molar-refractivity contribution in [2.45, 2.75) is 26.3 Å². The number of nitrogens with zero attached hydrogens (tertiary/aromatic N) is 4. The number of pyridine rings is 1. The lowest BCUT2D eigenvalue weighted by molar-refractivity contribution is 0.0951. The van der Waals surface area contributed by atoms with Crippen molar-refractivity contribution in [1.29, 1.82) is 0 Å². The normalized spacial score (nSPS) is 11.3. The quantitative estimate of drug-likeness (QED) is 0.615. The monoisotopic (exact) mass is 428 g/mol. The molecule has 1 amide bonds. The lowest BCUT2D eigenvalue weighted by atomic mass is 10.1. The molecule has 2 aromatic heterocycles. The van der Waals surface area contributed by atoms with Gasteiger partial charge in [-0.3, -0.25) is 15.2 Å². The van der Waals surface area contributed by atoms with Gasteiger partial charge < -0.3 is 5.32 Å². The standard InChI is InChI=1S/C19H21BrN6O/c1-19(2,3)24-16-11-14(20)13-10-12(6-7-15(13)23-16)17(27)25-26(4)18-21-8-5-9-22-18/h5-11H,1-4H3,(H,23,24)(H,25,27). The Labute approximate surface area is 166 Å². The Kier molecular flexibility index (Phi) is 5.27. The van der Waals surface area contributed by atoms with Crippen LogP contribution in [0.15, 0.2) is 47.2 Å². The fourth-order valence-electron chi connectivity index (χ4n) is 2.51. The fraction of sp³-hybridized carbons (Fsp3) is 0.263. The molecule has 140 valence electrons. The second-order valence-electron chi connectivity index (χ2n) is 7.14. The maximum atomic E-state index is 12.6. The number of hydrogen-bond acceptors (Lipinski definition) is 6. The average molecular weight is 429 g/mol. The Bertz CT molecular complexity index is 971. The van der Waals surface area contributed by atoms with Crippen molar-refractivity contribution in [2.24, 2.45) is 0 Å². The molecule has 1 aromatic carbocycles. The number of rotatable bonds is 4. The fourth-order valence-corrected chi connectivity index (χ4v) is 3.04. The summed E-state index contributed by atoms with van der Waals surface area (Å²) in [6.07, 6.45) is 3.24. The lowest BCUT2D eigenvalue weighted by Gasteiger charge is -2.22. The van der Waals surface area contributed by atoms with Crippen LogP contribution in [0.1, 0.15) is 31.1 Å². The van der Waals surface area contributed by atoms with Gasteiger partial charge in [-0.2, -0.15) is 0 Å². The van der Waals surface area contributed by atoms with Crippen LogP contribution >= 0.6 is 15.9 Å². The molecule has 0 aliphatic rings. The molecule has 0 atom stereocenters. The predicted octanol–water partition coefficient (Wildman–Crippen LogP) is 3.78.